The van der Waals surface area contributed by atoms with Crippen molar-refractivity contribution in [2.24, 2.45) is 11.8 Å². The van der Waals surface area contributed by atoms with E-state index in [0.717, 1.165) is 64.0 Å². The highest BCUT2D eigenvalue weighted by Gasteiger charge is 2.32. The predicted octanol–water partition coefficient (Wildman–Crippen LogP) is 2.84. The van der Waals surface area contributed by atoms with Crippen molar-refractivity contribution in [3.63, 3.8) is 0 Å². The second-order valence-electron chi connectivity index (χ2n) is 8.92. The number of carbonyl (C=O) groups is 2. The molecule has 2 saturated heterocycles. The van der Waals surface area contributed by atoms with E-state index in [1.807, 2.05) is 23.1 Å². The first-order chi connectivity index (χ1) is 14.0. The van der Waals surface area contributed by atoms with Gasteiger partial charge in [0.1, 0.15) is 0 Å². The fourth-order valence-corrected chi connectivity index (χ4v) is 4.43. The maximum atomic E-state index is 12.6. The van der Waals surface area contributed by atoms with E-state index >= 15 is 0 Å². The maximum Gasteiger partial charge on any atom is 0.224 e. The summed E-state index contributed by atoms with van der Waals surface area (Å²) in [4.78, 5) is 33.8. The molecule has 1 unspecified atom stereocenters. The van der Waals surface area contributed by atoms with Gasteiger partial charge in [-0.15, -0.1) is 0 Å². The minimum Gasteiger partial charge on any atom is -0.350 e. The summed E-state index contributed by atoms with van der Waals surface area (Å²) in [6, 6.07) is 6.25. The van der Waals surface area contributed by atoms with E-state index in [2.05, 4.69) is 29.0 Å². The summed E-state index contributed by atoms with van der Waals surface area (Å²) in [6.07, 6.45) is 7.46. The molecule has 0 saturated carbocycles. The second kappa shape index (κ2) is 10.7. The first kappa shape index (κ1) is 21.8. The number of hydrogen-bond acceptors (Lipinski definition) is 4. The lowest BCUT2D eigenvalue weighted by atomic mass is 9.93. The molecule has 0 bridgehead atoms. The lowest BCUT2D eigenvalue weighted by Gasteiger charge is -2.42. The number of piperidine rings is 2. The molecule has 3 heterocycles. The van der Waals surface area contributed by atoms with E-state index in [0.29, 0.717) is 30.8 Å². The van der Waals surface area contributed by atoms with Gasteiger partial charge in [0.25, 0.3) is 0 Å². The van der Waals surface area contributed by atoms with Crippen LogP contribution in [0, 0.1) is 11.8 Å². The van der Waals surface area contributed by atoms with Crippen molar-refractivity contribution < 1.29 is 9.59 Å². The molecule has 0 radical (unpaired) electrons. The predicted molar refractivity (Wildman–Crippen MR) is 114 cm³/mol. The summed E-state index contributed by atoms with van der Waals surface area (Å²) < 4.78 is 0. The molecule has 2 amide bonds. The van der Waals surface area contributed by atoms with Crippen molar-refractivity contribution in [2.75, 3.05) is 26.2 Å². The number of pyridine rings is 1. The number of nitrogens with one attached hydrogen (secondary N) is 1. The van der Waals surface area contributed by atoms with Gasteiger partial charge in [0.2, 0.25) is 11.8 Å². The van der Waals surface area contributed by atoms with Gasteiger partial charge >= 0.3 is 0 Å². The molecule has 1 aromatic heterocycles. The van der Waals surface area contributed by atoms with E-state index < -0.39 is 0 Å². The highest BCUT2D eigenvalue weighted by molar-refractivity contribution is 5.79. The summed E-state index contributed by atoms with van der Waals surface area (Å²) in [5.74, 6) is 1.08. The summed E-state index contributed by atoms with van der Waals surface area (Å²) >= 11 is 0. The Labute approximate surface area is 175 Å². The first-order valence-electron chi connectivity index (χ1n) is 11.2. The standard InChI is InChI=1S/C23H36N4O2/c1-18(2)8-9-22(28)26-14-10-21(11-15-26)27-13-5-6-19(17-27)23(29)25-16-20-7-3-4-12-24-20/h3-4,7,12,18-19,21H,5-6,8-11,13-17H2,1-2H3,(H,25,29). The average Bonchev–Trinajstić information content (AvgIpc) is 2.76. The van der Waals surface area contributed by atoms with Crippen LogP contribution in [-0.4, -0.2) is 58.8 Å². The molecular formula is C23H36N4O2. The maximum absolute atomic E-state index is 12.6. The number of carbonyl (C=O) groups excluding carboxylic acids is 2. The van der Waals surface area contributed by atoms with Gasteiger partial charge in [-0.1, -0.05) is 19.9 Å². The van der Waals surface area contributed by atoms with Crippen molar-refractivity contribution in [3.05, 3.63) is 30.1 Å². The Bertz CT molecular complexity index is 656. The molecule has 2 fully saturated rings. The second-order valence-corrected chi connectivity index (χ2v) is 8.92. The fraction of sp³-hybridized carbons (Fsp3) is 0.696. The van der Waals surface area contributed by atoms with E-state index in [9.17, 15) is 9.59 Å². The molecule has 2 aliphatic heterocycles. The molecule has 1 N–H and O–H groups in total. The van der Waals surface area contributed by atoms with Crippen LogP contribution in [0.15, 0.2) is 24.4 Å². The lowest BCUT2D eigenvalue weighted by Crippen LogP contribution is -2.51. The Morgan fingerprint density at radius 2 is 1.97 bits per heavy atom. The molecule has 1 aromatic rings. The molecule has 0 aromatic carbocycles. The zero-order valence-corrected chi connectivity index (χ0v) is 18.0. The van der Waals surface area contributed by atoms with E-state index in [1.54, 1.807) is 6.20 Å². The van der Waals surface area contributed by atoms with Crippen LogP contribution in [0.1, 0.15) is 58.1 Å². The Morgan fingerprint density at radius 3 is 2.66 bits per heavy atom. The van der Waals surface area contributed by atoms with Gasteiger partial charge in [-0.2, -0.15) is 0 Å². The third-order valence-electron chi connectivity index (χ3n) is 6.26. The highest BCUT2D eigenvalue weighted by atomic mass is 16.2. The zero-order chi connectivity index (χ0) is 20.6. The molecule has 160 valence electrons. The number of aromatic nitrogens is 1. The Hall–Kier alpha value is -1.95. The molecule has 2 aliphatic rings. The van der Waals surface area contributed by atoms with Crippen LogP contribution in [0.2, 0.25) is 0 Å². The van der Waals surface area contributed by atoms with E-state index in [1.165, 1.54) is 0 Å². The Morgan fingerprint density at radius 1 is 1.17 bits per heavy atom. The van der Waals surface area contributed by atoms with Gasteiger partial charge in [-0.25, -0.2) is 0 Å². The summed E-state index contributed by atoms with van der Waals surface area (Å²) in [7, 11) is 0. The fourth-order valence-electron chi connectivity index (χ4n) is 4.43. The van der Waals surface area contributed by atoms with Crippen molar-refractivity contribution in [1.29, 1.82) is 0 Å². The van der Waals surface area contributed by atoms with Gasteiger partial charge in [-0.05, 0) is 56.7 Å². The van der Waals surface area contributed by atoms with Crippen LogP contribution >= 0.6 is 0 Å². The monoisotopic (exact) mass is 400 g/mol. The number of amides is 2. The highest BCUT2D eigenvalue weighted by Crippen LogP contribution is 2.24. The minimum atomic E-state index is 0.0539. The summed E-state index contributed by atoms with van der Waals surface area (Å²) in [5, 5.41) is 3.06. The van der Waals surface area contributed by atoms with E-state index in [-0.39, 0.29) is 11.8 Å². The smallest absolute Gasteiger partial charge is 0.224 e. The SMILES string of the molecule is CC(C)CCC(=O)N1CCC(N2CCCC(C(=O)NCc3ccccn3)C2)CC1. The van der Waals surface area contributed by atoms with Gasteiger partial charge in [-0.3, -0.25) is 19.5 Å². The summed E-state index contributed by atoms with van der Waals surface area (Å²) in [5.41, 5.74) is 0.892. The van der Waals surface area contributed by atoms with Crippen molar-refractivity contribution in [2.45, 2.75) is 65.0 Å². The van der Waals surface area contributed by atoms with Crippen molar-refractivity contribution in [3.8, 4) is 0 Å². The number of rotatable bonds is 7. The Balaban J connectivity index is 1.42. The molecule has 1 atom stereocenters. The van der Waals surface area contributed by atoms with Crippen LogP contribution in [0.4, 0.5) is 0 Å². The quantitative estimate of drug-likeness (QED) is 0.764. The third kappa shape index (κ3) is 6.53. The average molecular weight is 401 g/mol. The Kier molecular flexibility index (Phi) is 8.04. The normalized spacial score (nSPS) is 21.3. The molecule has 6 heteroatoms. The van der Waals surface area contributed by atoms with Crippen LogP contribution < -0.4 is 5.32 Å². The van der Waals surface area contributed by atoms with Gasteiger partial charge < -0.3 is 10.2 Å². The molecule has 6 nitrogen and oxygen atoms in total. The number of hydrogen-bond donors (Lipinski definition) is 1. The molecule has 0 spiro atoms. The van der Waals surface area contributed by atoms with Crippen LogP contribution in [0.25, 0.3) is 0 Å². The molecular weight excluding hydrogens is 364 g/mol. The zero-order valence-electron chi connectivity index (χ0n) is 18.0. The summed E-state index contributed by atoms with van der Waals surface area (Å²) in [6.45, 7) is 8.43. The van der Waals surface area contributed by atoms with E-state index in [4.69, 9.17) is 0 Å². The third-order valence-corrected chi connectivity index (χ3v) is 6.26. The van der Waals surface area contributed by atoms with Gasteiger partial charge in [0.05, 0.1) is 18.2 Å². The largest absolute Gasteiger partial charge is 0.350 e. The molecule has 0 aliphatic carbocycles. The number of likely N-dealkylation sites (tertiary alicyclic amines) is 2. The lowest BCUT2D eigenvalue weighted by molar-refractivity contribution is -0.133. The van der Waals surface area contributed by atoms with Crippen molar-refractivity contribution in [1.82, 2.24) is 20.1 Å². The van der Waals surface area contributed by atoms with Crippen LogP contribution in [0.5, 0.6) is 0 Å². The van der Waals surface area contributed by atoms with Crippen LogP contribution in [0.3, 0.4) is 0 Å². The molecule has 29 heavy (non-hydrogen) atoms. The van der Waals surface area contributed by atoms with Crippen molar-refractivity contribution >= 4 is 11.8 Å². The number of nitrogens with zero attached hydrogens (tertiary/aromatic N) is 3. The first-order valence-corrected chi connectivity index (χ1v) is 11.2. The van der Waals surface area contributed by atoms with Gasteiger partial charge in [0.15, 0.2) is 0 Å². The minimum absolute atomic E-state index is 0.0539. The van der Waals surface area contributed by atoms with Gasteiger partial charge in [0, 0.05) is 38.3 Å². The van der Waals surface area contributed by atoms with Crippen LogP contribution in [-0.2, 0) is 16.1 Å². The topological polar surface area (TPSA) is 65.5 Å². The molecule has 3 rings (SSSR count).